The average Bonchev–Trinajstić information content (AvgIpc) is 3.19. The van der Waals surface area contributed by atoms with Crippen LogP contribution in [-0.4, -0.2) is 46.2 Å². The number of nitrogens with zero attached hydrogens (tertiary/aromatic N) is 1. The fourth-order valence-corrected chi connectivity index (χ4v) is 5.16. The number of nitrogens with one attached hydrogen (secondary N) is 1. The molecule has 0 saturated heterocycles. The van der Waals surface area contributed by atoms with E-state index in [9.17, 15) is 13.2 Å². The lowest BCUT2D eigenvalue weighted by molar-refractivity contribution is -0.121. The molecule has 1 amide bonds. The summed E-state index contributed by atoms with van der Waals surface area (Å²) >= 11 is 7.82. The molecule has 168 valence electrons. The second kappa shape index (κ2) is 11.0. The van der Waals surface area contributed by atoms with E-state index in [1.807, 2.05) is 24.3 Å². The molecule has 0 fully saturated rings. The van der Waals surface area contributed by atoms with Crippen LogP contribution >= 0.6 is 23.4 Å². The van der Waals surface area contributed by atoms with Crippen LogP contribution in [0.15, 0.2) is 42.5 Å². The molecule has 0 radical (unpaired) electrons. The maximum atomic E-state index is 12.2. The Labute approximate surface area is 192 Å². The van der Waals surface area contributed by atoms with Gasteiger partial charge < -0.3 is 14.8 Å². The minimum Gasteiger partial charge on any atom is -0.454 e. The molecular formula is C21H25ClN2O5S2. The van der Waals surface area contributed by atoms with Gasteiger partial charge in [0.15, 0.2) is 11.5 Å². The first-order chi connectivity index (χ1) is 14.8. The fraction of sp³-hybridized carbons (Fsp3) is 0.381. The quantitative estimate of drug-likeness (QED) is 0.490. The number of amides is 1. The zero-order valence-corrected chi connectivity index (χ0v) is 19.6. The molecule has 0 aromatic heterocycles. The van der Waals surface area contributed by atoms with Crippen molar-refractivity contribution < 1.29 is 22.7 Å². The van der Waals surface area contributed by atoms with E-state index in [2.05, 4.69) is 5.32 Å². The molecule has 0 unspecified atom stereocenters. The van der Waals surface area contributed by atoms with Gasteiger partial charge in [0.2, 0.25) is 22.7 Å². The Morgan fingerprint density at radius 2 is 1.97 bits per heavy atom. The summed E-state index contributed by atoms with van der Waals surface area (Å²) in [5, 5.41) is 3.62. The molecule has 3 rings (SSSR count). The number of sulfonamides is 1. The van der Waals surface area contributed by atoms with E-state index in [0.29, 0.717) is 30.2 Å². The average molecular weight is 485 g/mol. The van der Waals surface area contributed by atoms with E-state index >= 15 is 0 Å². The number of benzene rings is 2. The summed E-state index contributed by atoms with van der Waals surface area (Å²) in [4.78, 5) is 12.1. The van der Waals surface area contributed by atoms with Gasteiger partial charge in [0.25, 0.3) is 0 Å². The number of rotatable bonds is 11. The van der Waals surface area contributed by atoms with Crippen LogP contribution in [0.3, 0.4) is 0 Å². The van der Waals surface area contributed by atoms with Crippen molar-refractivity contribution >= 4 is 45.0 Å². The topological polar surface area (TPSA) is 84.9 Å². The summed E-state index contributed by atoms with van der Waals surface area (Å²) in [5.74, 6) is 2.55. The number of hydrogen-bond donors (Lipinski definition) is 1. The Kier molecular flexibility index (Phi) is 8.34. The second-order valence-corrected chi connectivity index (χ2v) is 10.4. The first-order valence-corrected chi connectivity index (χ1v) is 13.2. The lowest BCUT2D eigenvalue weighted by Gasteiger charge is -2.22. The van der Waals surface area contributed by atoms with Gasteiger partial charge in [0, 0.05) is 42.1 Å². The molecule has 0 spiro atoms. The van der Waals surface area contributed by atoms with Gasteiger partial charge >= 0.3 is 0 Å². The van der Waals surface area contributed by atoms with Crippen molar-refractivity contribution in [1.29, 1.82) is 0 Å². The van der Waals surface area contributed by atoms with Gasteiger partial charge in [0.05, 0.1) is 11.9 Å². The molecule has 10 heteroatoms. The Balaban J connectivity index is 1.40. The SMILES string of the molecule is CS(=O)(=O)N(CCCC(=O)NCCSCc1ccccc1Cl)c1ccc2c(c1)OCO2. The smallest absolute Gasteiger partial charge is 0.232 e. The van der Waals surface area contributed by atoms with Crippen molar-refractivity contribution in [2.75, 3.05) is 36.2 Å². The molecule has 31 heavy (non-hydrogen) atoms. The number of carbonyl (C=O) groups is 1. The molecule has 2 aromatic carbocycles. The van der Waals surface area contributed by atoms with Gasteiger partial charge in [-0.25, -0.2) is 8.42 Å². The van der Waals surface area contributed by atoms with Gasteiger partial charge in [-0.3, -0.25) is 9.10 Å². The van der Waals surface area contributed by atoms with E-state index < -0.39 is 10.0 Å². The van der Waals surface area contributed by atoms with E-state index in [1.165, 1.54) is 4.31 Å². The third-order valence-corrected chi connectivity index (χ3v) is 7.16. The maximum absolute atomic E-state index is 12.2. The largest absolute Gasteiger partial charge is 0.454 e. The van der Waals surface area contributed by atoms with Crippen molar-refractivity contribution in [3.05, 3.63) is 53.1 Å². The summed E-state index contributed by atoms with van der Waals surface area (Å²) in [5.41, 5.74) is 1.56. The highest BCUT2D eigenvalue weighted by atomic mass is 35.5. The third-order valence-electron chi connectivity index (χ3n) is 4.59. The predicted octanol–water partition coefficient (Wildman–Crippen LogP) is 3.66. The van der Waals surface area contributed by atoms with Gasteiger partial charge in [-0.05, 0) is 30.2 Å². The monoisotopic (exact) mass is 484 g/mol. The van der Waals surface area contributed by atoms with Crippen molar-refractivity contribution in [2.45, 2.75) is 18.6 Å². The lowest BCUT2D eigenvalue weighted by Crippen LogP contribution is -2.32. The summed E-state index contributed by atoms with van der Waals surface area (Å²) < 4.78 is 36.3. The molecule has 0 bridgehead atoms. The summed E-state index contributed by atoms with van der Waals surface area (Å²) in [6, 6.07) is 12.7. The minimum absolute atomic E-state index is 0.0996. The zero-order chi connectivity index (χ0) is 22.3. The molecule has 0 saturated carbocycles. The molecule has 0 aliphatic carbocycles. The van der Waals surface area contributed by atoms with E-state index in [1.54, 1.807) is 30.0 Å². The molecule has 2 aromatic rings. The number of carbonyl (C=O) groups excluding carboxylic acids is 1. The molecule has 7 nitrogen and oxygen atoms in total. The molecule has 1 N–H and O–H groups in total. The van der Waals surface area contributed by atoms with Gasteiger partial charge in [-0.2, -0.15) is 11.8 Å². The second-order valence-electron chi connectivity index (χ2n) is 6.97. The van der Waals surface area contributed by atoms with Crippen LogP contribution in [0.1, 0.15) is 18.4 Å². The predicted molar refractivity (Wildman–Crippen MR) is 125 cm³/mol. The van der Waals surface area contributed by atoms with E-state index in [4.69, 9.17) is 21.1 Å². The Hall–Kier alpha value is -2.10. The number of hydrogen-bond acceptors (Lipinski definition) is 6. The van der Waals surface area contributed by atoms with Gasteiger partial charge in [-0.15, -0.1) is 0 Å². The number of ether oxygens (including phenoxy) is 2. The fourth-order valence-electron chi connectivity index (χ4n) is 3.06. The normalized spacial score (nSPS) is 12.6. The van der Waals surface area contributed by atoms with Gasteiger partial charge in [-0.1, -0.05) is 29.8 Å². The van der Waals surface area contributed by atoms with Crippen LogP contribution in [0.25, 0.3) is 0 Å². The van der Waals surface area contributed by atoms with Crippen molar-refractivity contribution in [1.82, 2.24) is 5.32 Å². The Morgan fingerprint density at radius 1 is 1.19 bits per heavy atom. The van der Waals surface area contributed by atoms with E-state index in [0.717, 1.165) is 28.3 Å². The number of halogens is 1. The first-order valence-electron chi connectivity index (χ1n) is 9.80. The molecule has 0 atom stereocenters. The van der Waals surface area contributed by atoms with Crippen LogP contribution in [0.5, 0.6) is 11.5 Å². The summed E-state index contributed by atoms with van der Waals surface area (Å²) in [6.45, 7) is 0.869. The summed E-state index contributed by atoms with van der Waals surface area (Å²) in [7, 11) is -3.50. The maximum Gasteiger partial charge on any atom is 0.232 e. The zero-order valence-electron chi connectivity index (χ0n) is 17.2. The minimum atomic E-state index is -3.50. The number of thioether (sulfide) groups is 1. The van der Waals surface area contributed by atoms with Crippen LogP contribution in [0.2, 0.25) is 5.02 Å². The molecular weight excluding hydrogens is 460 g/mol. The van der Waals surface area contributed by atoms with Crippen molar-refractivity contribution in [3.63, 3.8) is 0 Å². The van der Waals surface area contributed by atoms with Crippen molar-refractivity contribution in [2.24, 2.45) is 0 Å². The molecule has 1 aliphatic rings. The summed E-state index contributed by atoms with van der Waals surface area (Å²) in [6.07, 6.45) is 1.79. The first kappa shape index (κ1) is 23.6. The van der Waals surface area contributed by atoms with Gasteiger partial charge in [0.1, 0.15) is 0 Å². The molecule has 1 heterocycles. The highest BCUT2D eigenvalue weighted by molar-refractivity contribution is 7.98. The highest BCUT2D eigenvalue weighted by Crippen LogP contribution is 2.36. The number of anilines is 1. The molecule has 1 aliphatic heterocycles. The van der Waals surface area contributed by atoms with Crippen molar-refractivity contribution in [3.8, 4) is 11.5 Å². The van der Waals surface area contributed by atoms with Crippen LogP contribution in [-0.2, 0) is 20.6 Å². The van der Waals surface area contributed by atoms with Crippen LogP contribution in [0, 0.1) is 0 Å². The lowest BCUT2D eigenvalue weighted by atomic mass is 10.2. The van der Waals surface area contributed by atoms with Crippen LogP contribution < -0.4 is 19.1 Å². The number of fused-ring (bicyclic) bond motifs is 1. The van der Waals surface area contributed by atoms with E-state index in [-0.39, 0.29) is 25.7 Å². The standard InChI is InChI=1S/C21H25ClN2O5S2/c1-31(26,27)24(17-8-9-19-20(13-17)29-15-28-19)11-4-7-21(25)23-10-12-30-14-16-5-2-3-6-18(16)22/h2-3,5-6,8-9,13H,4,7,10-12,14-15H2,1H3,(H,23,25). The Morgan fingerprint density at radius 3 is 2.74 bits per heavy atom. The Bertz CT molecular complexity index is 1020. The van der Waals surface area contributed by atoms with Crippen LogP contribution in [0.4, 0.5) is 5.69 Å². The third kappa shape index (κ3) is 6.95. The highest BCUT2D eigenvalue weighted by Gasteiger charge is 2.21.